The molecule has 0 unspecified atom stereocenters. The minimum Gasteiger partial charge on any atom is -0.497 e. The highest BCUT2D eigenvalue weighted by Gasteiger charge is 2.37. The summed E-state index contributed by atoms with van der Waals surface area (Å²) in [5.74, 6) is 0.727. The molecule has 158 valence electrons. The third-order valence-corrected chi connectivity index (χ3v) is 6.87. The molecule has 1 aliphatic rings. The maximum atomic E-state index is 9.73. The van der Waals surface area contributed by atoms with Crippen molar-refractivity contribution in [2.24, 2.45) is 0 Å². The van der Waals surface area contributed by atoms with E-state index in [4.69, 9.17) is 9.72 Å². The first-order chi connectivity index (χ1) is 15.5. The molecule has 0 aliphatic heterocycles. The van der Waals surface area contributed by atoms with Gasteiger partial charge in [0.15, 0.2) is 0 Å². The van der Waals surface area contributed by atoms with E-state index in [-0.39, 0.29) is 12.0 Å². The largest absolute Gasteiger partial charge is 0.497 e. The maximum Gasteiger partial charge on any atom is 0.119 e. The van der Waals surface area contributed by atoms with Gasteiger partial charge >= 0.3 is 0 Å². The molecule has 2 heterocycles. The van der Waals surface area contributed by atoms with Crippen LogP contribution in [-0.2, 0) is 12.0 Å². The molecule has 0 saturated heterocycles. The quantitative estimate of drug-likeness (QED) is 0.366. The van der Waals surface area contributed by atoms with Gasteiger partial charge < -0.3 is 14.8 Å². The number of fused-ring (bicyclic) bond motifs is 7. The van der Waals surface area contributed by atoms with Gasteiger partial charge in [0, 0.05) is 22.6 Å². The van der Waals surface area contributed by atoms with Gasteiger partial charge in [-0.05, 0) is 63.7 Å². The Morgan fingerprint density at radius 3 is 2.59 bits per heavy atom. The van der Waals surface area contributed by atoms with E-state index in [1.165, 1.54) is 22.3 Å². The zero-order valence-corrected chi connectivity index (χ0v) is 18.4. The van der Waals surface area contributed by atoms with Crippen molar-refractivity contribution >= 4 is 21.9 Å². The van der Waals surface area contributed by atoms with Crippen LogP contribution in [0.15, 0.2) is 66.9 Å². The zero-order valence-electron chi connectivity index (χ0n) is 18.4. The minimum atomic E-state index is -0.105. The van der Waals surface area contributed by atoms with E-state index in [1.54, 1.807) is 7.11 Å². The number of aliphatic hydroxyl groups excluding tert-OH is 1. The summed E-state index contributed by atoms with van der Waals surface area (Å²) < 4.78 is 5.48. The topological polar surface area (TPSA) is 58.1 Å². The molecule has 4 nitrogen and oxygen atoms in total. The summed E-state index contributed by atoms with van der Waals surface area (Å²) in [7, 11) is 1.65. The first-order valence-electron chi connectivity index (χ1n) is 10.9. The number of aromatic amines is 1. The van der Waals surface area contributed by atoms with E-state index in [9.17, 15) is 5.11 Å². The van der Waals surface area contributed by atoms with Gasteiger partial charge in [-0.3, -0.25) is 4.98 Å². The SMILES string of the molecule is COc1cc(CO)cc(-c2ccnc3c2[nH]c2c4c(ccc23)-c2ccccc2C4(C)C)c1. The van der Waals surface area contributed by atoms with Crippen molar-refractivity contribution in [3.63, 3.8) is 0 Å². The second kappa shape index (κ2) is 6.68. The van der Waals surface area contributed by atoms with Crippen LogP contribution in [0.3, 0.4) is 0 Å². The summed E-state index contributed by atoms with van der Waals surface area (Å²) in [5.41, 5.74) is 11.1. The summed E-state index contributed by atoms with van der Waals surface area (Å²) in [4.78, 5) is 8.50. The highest BCUT2D eigenvalue weighted by molar-refractivity contribution is 6.12. The molecule has 0 spiro atoms. The Labute approximate surface area is 186 Å². The van der Waals surface area contributed by atoms with Gasteiger partial charge in [0.1, 0.15) is 5.75 Å². The van der Waals surface area contributed by atoms with Crippen LogP contribution in [0, 0.1) is 0 Å². The standard InChI is InChI=1S/C28H24N2O2/c1-28(2)23-7-5-4-6-20(23)21-8-9-22-25(24(21)28)30-27-19(10-11-29-26(22)27)17-12-16(15-31)13-18(14-17)32-3/h4-14,30-31H,15H2,1-3H3. The molecule has 2 aromatic heterocycles. The number of nitrogens with one attached hydrogen (secondary N) is 1. The number of benzene rings is 3. The van der Waals surface area contributed by atoms with Crippen molar-refractivity contribution in [2.75, 3.05) is 7.11 Å². The number of H-pyrrole nitrogens is 1. The molecule has 0 bridgehead atoms. The molecule has 0 atom stereocenters. The highest BCUT2D eigenvalue weighted by Crippen LogP contribution is 2.51. The lowest BCUT2D eigenvalue weighted by Gasteiger charge is -2.22. The van der Waals surface area contributed by atoms with Crippen LogP contribution < -0.4 is 4.74 Å². The van der Waals surface area contributed by atoms with E-state index in [1.807, 2.05) is 30.5 Å². The lowest BCUT2D eigenvalue weighted by atomic mass is 9.81. The average molecular weight is 421 g/mol. The van der Waals surface area contributed by atoms with E-state index in [0.29, 0.717) is 0 Å². The lowest BCUT2D eigenvalue weighted by Crippen LogP contribution is -2.15. The molecule has 3 aromatic carbocycles. The summed E-state index contributed by atoms with van der Waals surface area (Å²) in [5, 5.41) is 10.9. The van der Waals surface area contributed by atoms with Crippen LogP contribution in [0.1, 0.15) is 30.5 Å². The van der Waals surface area contributed by atoms with Crippen LogP contribution >= 0.6 is 0 Å². The number of hydrogen-bond donors (Lipinski definition) is 2. The van der Waals surface area contributed by atoms with Crippen molar-refractivity contribution < 1.29 is 9.84 Å². The molecule has 32 heavy (non-hydrogen) atoms. The number of hydrogen-bond acceptors (Lipinski definition) is 3. The zero-order chi connectivity index (χ0) is 22.0. The van der Waals surface area contributed by atoms with Crippen molar-refractivity contribution in [1.82, 2.24) is 9.97 Å². The summed E-state index contributed by atoms with van der Waals surface area (Å²) in [6, 6.07) is 21.0. The van der Waals surface area contributed by atoms with E-state index < -0.39 is 0 Å². The van der Waals surface area contributed by atoms with Crippen molar-refractivity contribution in [1.29, 1.82) is 0 Å². The summed E-state index contributed by atoms with van der Waals surface area (Å²) in [6.45, 7) is 4.56. The fourth-order valence-electron chi connectivity index (χ4n) is 5.38. The van der Waals surface area contributed by atoms with Crippen LogP contribution in [0.4, 0.5) is 0 Å². The molecule has 1 aliphatic carbocycles. The number of pyridine rings is 1. The third-order valence-electron chi connectivity index (χ3n) is 6.87. The maximum absolute atomic E-state index is 9.73. The van der Waals surface area contributed by atoms with Gasteiger partial charge in [0.05, 0.1) is 30.3 Å². The molecule has 6 rings (SSSR count). The molecule has 4 heteroatoms. The molecule has 0 fully saturated rings. The number of rotatable bonds is 3. The Kier molecular flexibility index (Phi) is 3.99. The van der Waals surface area contributed by atoms with Crippen molar-refractivity contribution in [2.45, 2.75) is 25.9 Å². The molecule has 5 aromatic rings. The van der Waals surface area contributed by atoms with Gasteiger partial charge in [-0.2, -0.15) is 0 Å². The van der Waals surface area contributed by atoms with Gasteiger partial charge in [0.2, 0.25) is 0 Å². The molecular formula is C28H24N2O2. The fraction of sp³-hybridized carbons (Fsp3) is 0.179. The van der Waals surface area contributed by atoms with E-state index >= 15 is 0 Å². The predicted molar refractivity (Wildman–Crippen MR) is 129 cm³/mol. The fourth-order valence-corrected chi connectivity index (χ4v) is 5.38. The van der Waals surface area contributed by atoms with Crippen LogP contribution in [0.5, 0.6) is 5.75 Å². The van der Waals surface area contributed by atoms with Gasteiger partial charge in [-0.15, -0.1) is 0 Å². The second-order valence-electron chi connectivity index (χ2n) is 9.02. The van der Waals surface area contributed by atoms with Crippen molar-refractivity contribution in [3.8, 4) is 28.0 Å². The monoisotopic (exact) mass is 420 g/mol. The summed E-state index contributed by atoms with van der Waals surface area (Å²) in [6.07, 6.45) is 1.86. The Morgan fingerprint density at radius 1 is 0.938 bits per heavy atom. The van der Waals surface area contributed by atoms with E-state index in [2.05, 4.69) is 55.2 Å². The van der Waals surface area contributed by atoms with E-state index in [0.717, 1.165) is 44.4 Å². The van der Waals surface area contributed by atoms with Gasteiger partial charge in [0.25, 0.3) is 0 Å². The molecular weight excluding hydrogens is 396 g/mol. The smallest absolute Gasteiger partial charge is 0.119 e. The molecule has 0 amide bonds. The molecule has 0 saturated carbocycles. The van der Waals surface area contributed by atoms with Gasteiger partial charge in [-0.1, -0.05) is 44.2 Å². The number of nitrogens with zero attached hydrogens (tertiary/aromatic N) is 1. The van der Waals surface area contributed by atoms with Crippen molar-refractivity contribution in [3.05, 3.63) is 83.6 Å². The Morgan fingerprint density at radius 2 is 1.78 bits per heavy atom. The van der Waals surface area contributed by atoms with Crippen LogP contribution in [-0.4, -0.2) is 22.2 Å². The summed E-state index contributed by atoms with van der Waals surface area (Å²) >= 11 is 0. The Balaban J connectivity index is 1.67. The molecule has 2 N–H and O–H groups in total. The Bertz CT molecular complexity index is 1510. The van der Waals surface area contributed by atoms with Crippen LogP contribution in [0.25, 0.3) is 44.2 Å². The van der Waals surface area contributed by atoms with Gasteiger partial charge in [-0.25, -0.2) is 0 Å². The molecule has 0 radical (unpaired) electrons. The number of ether oxygens (including phenoxy) is 1. The lowest BCUT2D eigenvalue weighted by molar-refractivity contribution is 0.281. The third kappa shape index (κ3) is 2.50. The first-order valence-corrected chi connectivity index (χ1v) is 10.9. The number of aromatic nitrogens is 2. The normalized spacial score (nSPS) is 14.0. The average Bonchev–Trinajstić information content (AvgIpc) is 3.31. The minimum absolute atomic E-state index is 0.0366. The number of methoxy groups -OCH3 is 1. The number of aliphatic hydroxyl groups is 1. The Hall–Kier alpha value is -3.63. The van der Waals surface area contributed by atoms with Crippen LogP contribution in [0.2, 0.25) is 0 Å². The second-order valence-corrected chi connectivity index (χ2v) is 9.02. The highest BCUT2D eigenvalue weighted by atomic mass is 16.5. The first kappa shape index (κ1) is 19.1. The predicted octanol–water partition coefficient (Wildman–Crippen LogP) is 6.19.